The molecule has 0 heterocycles. The number of esters is 4. The van der Waals surface area contributed by atoms with Crippen molar-refractivity contribution in [2.45, 2.75) is 433 Å². The normalized spacial score (nSPS) is 14.0. The van der Waals surface area contributed by atoms with Crippen LogP contribution in [0.2, 0.25) is 0 Å². The largest absolute Gasteiger partial charge is 0.472 e. The van der Waals surface area contributed by atoms with Gasteiger partial charge in [0, 0.05) is 25.7 Å². The highest BCUT2D eigenvalue weighted by atomic mass is 31.2. The summed E-state index contributed by atoms with van der Waals surface area (Å²) in [6.07, 6.45) is 57.1. The molecule has 0 radical (unpaired) electrons. The van der Waals surface area contributed by atoms with E-state index in [2.05, 4.69) is 55.4 Å². The minimum atomic E-state index is -4.96. The van der Waals surface area contributed by atoms with Crippen LogP contribution in [0, 0.1) is 23.7 Å². The van der Waals surface area contributed by atoms with Crippen molar-refractivity contribution in [1.29, 1.82) is 0 Å². The molecule has 19 heteroatoms. The lowest BCUT2D eigenvalue weighted by Crippen LogP contribution is -2.30. The number of aliphatic hydroxyl groups is 1. The van der Waals surface area contributed by atoms with Gasteiger partial charge in [-0.3, -0.25) is 37.3 Å². The van der Waals surface area contributed by atoms with Gasteiger partial charge in [0.2, 0.25) is 0 Å². The molecular formula is C81H158O17P2. The van der Waals surface area contributed by atoms with Crippen LogP contribution in [0.3, 0.4) is 0 Å². The second kappa shape index (κ2) is 70.1. The van der Waals surface area contributed by atoms with Crippen LogP contribution in [0.5, 0.6) is 0 Å². The summed E-state index contributed by atoms with van der Waals surface area (Å²) in [4.78, 5) is 73.0. The molecule has 0 aliphatic rings. The Labute approximate surface area is 613 Å². The minimum absolute atomic E-state index is 0.105. The zero-order valence-corrected chi connectivity index (χ0v) is 67.6. The Morgan fingerprint density at radius 2 is 0.420 bits per heavy atom. The van der Waals surface area contributed by atoms with Gasteiger partial charge in [-0.2, -0.15) is 0 Å². The van der Waals surface area contributed by atoms with Gasteiger partial charge in [-0.1, -0.05) is 364 Å². The summed E-state index contributed by atoms with van der Waals surface area (Å²) in [6.45, 7) is 14.2. The molecule has 0 fully saturated rings. The number of carbonyl (C=O) groups is 4. The molecule has 594 valence electrons. The van der Waals surface area contributed by atoms with Gasteiger partial charge in [-0.25, -0.2) is 9.13 Å². The molecule has 100 heavy (non-hydrogen) atoms. The van der Waals surface area contributed by atoms with Crippen LogP contribution in [-0.4, -0.2) is 96.7 Å². The Bertz CT molecular complexity index is 1950. The summed E-state index contributed by atoms with van der Waals surface area (Å²) in [5.74, 6) is 0.944. The van der Waals surface area contributed by atoms with E-state index in [0.717, 1.165) is 114 Å². The third kappa shape index (κ3) is 74.3. The van der Waals surface area contributed by atoms with Gasteiger partial charge in [0.05, 0.1) is 26.4 Å². The number of phosphoric ester groups is 2. The zero-order valence-electron chi connectivity index (χ0n) is 65.8. The molecule has 2 unspecified atom stereocenters. The summed E-state index contributed by atoms with van der Waals surface area (Å²) >= 11 is 0. The summed E-state index contributed by atoms with van der Waals surface area (Å²) < 4.78 is 68.7. The molecule has 0 aromatic rings. The van der Waals surface area contributed by atoms with Crippen molar-refractivity contribution in [2.24, 2.45) is 23.7 Å². The Morgan fingerprint density at radius 3 is 0.620 bits per heavy atom. The molecule has 0 aromatic carbocycles. The first-order chi connectivity index (χ1) is 48.1. The van der Waals surface area contributed by atoms with Gasteiger partial charge in [0.25, 0.3) is 0 Å². The van der Waals surface area contributed by atoms with E-state index in [-0.39, 0.29) is 25.7 Å². The van der Waals surface area contributed by atoms with Gasteiger partial charge in [-0.05, 0) is 49.4 Å². The van der Waals surface area contributed by atoms with E-state index in [1.54, 1.807) is 0 Å². The number of phosphoric acid groups is 2. The van der Waals surface area contributed by atoms with Gasteiger partial charge >= 0.3 is 39.5 Å². The Kier molecular flexibility index (Phi) is 68.7. The van der Waals surface area contributed by atoms with Crippen LogP contribution in [0.1, 0.15) is 415 Å². The first kappa shape index (κ1) is 98.1. The molecule has 3 N–H and O–H groups in total. The maximum absolute atomic E-state index is 13.1. The molecule has 0 saturated heterocycles. The topological polar surface area (TPSA) is 237 Å². The Morgan fingerprint density at radius 1 is 0.250 bits per heavy atom. The van der Waals surface area contributed by atoms with Crippen LogP contribution >= 0.6 is 15.6 Å². The SMILES string of the molecule is CC(C)CCCCCCCCCCCCCCCCCCC(=O)OC[C@H](COP(=O)(O)OC[C@@H](O)COP(=O)(O)OC[C@@H](COC(=O)CCCCCCCCC(C)C)OC(=O)CCCCCCCCCCCCCC(C)C)OC(=O)CCCCCCCCCCCCCCCCCC(C)C. The summed E-state index contributed by atoms with van der Waals surface area (Å²) in [5.41, 5.74) is 0. The quantitative estimate of drug-likeness (QED) is 0.0222. The highest BCUT2D eigenvalue weighted by Gasteiger charge is 2.30. The Balaban J connectivity index is 5.22. The first-order valence-corrected chi connectivity index (χ1v) is 44.7. The monoisotopic (exact) mass is 1470 g/mol. The van der Waals surface area contributed by atoms with Crippen molar-refractivity contribution in [3.05, 3.63) is 0 Å². The van der Waals surface area contributed by atoms with Crippen molar-refractivity contribution >= 4 is 39.5 Å². The molecule has 0 amide bonds. The number of hydrogen-bond acceptors (Lipinski definition) is 15. The maximum atomic E-state index is 13.1. The lowest BCUT2D eigenvalue weighted by Gasteiger charge is -2.21. The van der Waals surface area contributed by atoms with E-state index in [4.69, 9.17) is 37.0 Å². The first-order valence-electron chi connectivity index (χ1n) is 41.7. The molecule has 0 rings (SSSR count). The molecule has 17 nitrogen and oxygen atoms in total. The molecule has 0 aliphatic carbocycles. The average Bonchev–Trinajstić information content (AvgIpc) is 0.929. The fourth-order valence-electron chi connectivity index (χ4n) is 12.4. The molecule has 0 aromatic heterocycles. The third-order valence-electron chi connectivity index (χ3n) is 18.8. The van der Waals surface area contributed by atoms with Gasteiger partial charge in [0.1, 0.15) is 19.3 Å². The predicted molar refractivity (Wildman–Crippen MR) is 409 cm³/mol. The fourth-order valence-corrected chi connectivity index (χ4v) is 14.0. The summed E-state index contributed by atoms with van der Waals surface area (Å²) in [6, 6.07) is 0. The van der Waals surface area contributed by atoms with Crippen LogP contribution in [-0.2, 0) is 65.4 Å². The predicted octanol–water partition coefficient (Wildman–Crippen LogP) is 24.0. The molecular weight excluding hydrogens is 1310 g/mol. The maximum Gasteiger partial charge on any atom is 0.472 e. The number of rotatable bonds is 78. The van der Waals surface area contributed by atoms with Crippen LogP contribution in [0.25, 0.3) is 0 Å². The standard InChI is InChI=1S/C81H158O17P2/c1-71(2)57-49-41-33-27-21-16-12-9-10-14-18-24-30-36-45-53-61-78(83)91-67-76(97-80(85)63-55-47-37-31-25-19-15-11-13-17-22-28-34-42-50-58-72(3)4)69-95-99(87,88)93-65-75(82)66-94-100(89,90)96-70-77(68-92-79(84)62-54-46-40-39-44-52-60-74(7)8)98-81(86)64-56-48-38-32-26-20-23-29-35-43-51-59-73(5)6/h71-77,82H,9-70H2,1-8H3,(H,87,88)(H,89,90)/t75-,76-,77-/m1/s1. The number of carbonyl (C=O) groups excluding carboxylic acids is 4. The lowest BCUT2D eigenvalue weighted by molar-refractivity contribution is -0.161. The highest BCUT2D eigenvalue weighted by Crippen LogP contribution is 2.45. The van der Waals surface area contributed by atoms with Crippen molar-refractivity contribution in [3.8, 4) is 0 Å². The number of unbranched alkanes of at least 4 members (excludes halogenated alkanes) is 44. The second-order valence-corrected chi connectivity index (χ2v) is 34.0. The average molecular weight is 1470 g/mol. The zero-order chi connectivity index (χ0) is 73.8. The van der Waals surface area contributed by atoms with E-state index in [1.807, 2.05) is 0 Å². The van der Waals surface area contributed by atoms with Crippen molar-refractivity contribution in [3.63, 3.8) is 0 Å². The van der Waals surface area contributed by atoms with E-state index in [9.17, 15) is 43.2 Å². The fraction of sp³-hybridized carbons (Fsp3) is 0.951. The molecule has 0 spiro atoms. The van der Waals surface area contributed by atoms with Crippen molar-refractivity contribution in [2.75, 3.05) is 39.6 Å². The van der Waals surface area contributed by atoms with Crippen LogP contribution < -0.4 is 0 Å². The van der Waals surface area contributed by atoms with E-state index in [1.165, 1.54) is 212 Å². The minimum Gasteiger partial charge on any atom is -0.462 e. The molecule has 0 saturated carbocycles. The smallest absolute Gasteiger partial charge is 0.462 e. The number of aliphatic hydroxyl groups excluding tert-OH is 1. The molecule has 0 bridgehead atoms. The molecule has 5 atom stereocenters. The van der Waals surface area contributed by atoms with E-state index in [0.29, 0.717) is 31.6 Å². The van der Waals surface area contributed by atoms with Gasteiger partial charge in [-0.15, -0.1) is 0 Å². The number of ether oxygens (including phenoxy) is 4. The van der Waals surface area contributed by atoms with Crippen LogP contribution in [0.15, 0.2) is 0 Å². The van der Waals surface area contributed by atoms with Gasteiger partial charge < -0.3 is 33.8 Å². The van der Waals surface area contributed by atoms with Crippen LogP contribution in [0.4, 0.5) is 0 Å². The highest BCUT2D eigenvalue weighted by molar-refractivity contribution is 7.47. The van der Waals surface area contributed by atoms with Gasteiger partial charge in [0.15, 0.2) is 12.2 Å². The third-order valence-corrected chi connectivity index (χ3v) is 20.7. The summed E-state index contributed by atoms with van der Waals surface area (Å²) in [7, 11) is -9.92. The van der Waals surface area contributed by atoms with E-state index < -0.39 is 97.5 Å². The van der Waals surface area contributed by atoms with E-state index >= 15 is 0 Å². The second-order valence-electron chi connectivity index (χ2n) is 31.1. The number of hydrogen-bond donors (Lipinski definition) is 3. The lowest BCUT2D eigenvalue weighted by atomic mass is 10.0. The molecule has 0 aliphatic heterocycles. The van der Waals surface area contributed by atoms with Crippen molar-refractivity contribution in [1.82, 2.24) is 0 Å². The Hall–Kier alpha value is -1.94. The summed E-state index contributed by atoms with van der Waals surface area (Å²) in [5, 5.41) is 10.6. The van der Waals surface area contributed by atoms with Crippen molar-refractivity contribution < 1.29 is 80.2 Å².